The number of hydrogen-bond acceptors (Lipinski definition) is 6. The molecule has 14 heteroatoms. The van der Waals surface area contributed by atoms with Crippen molar-refractivity contribution in [3.63, 3.8) is 0 Å². The number of hydrogen-bond donors (Lipinski definition) is 4. The maximum Gasteiger partial charge on any atom is 0.195 e. The van der Waals surface area contributed by atoms with Crippen molar-refractivity contribution in [1.82, 2.24) is 29.5 Å². The third kappa shape index (κ3) is 6.81. The topological polar surface area (TPSA) is 108 Å². The lowest BCUT2D eigenvalue weighted by molar-refractivity contribution is 0.00694. The SMILES string of the molecule is OC(Cc1ccccc1Cl)(Cn1nc[nH]c1=S)C1(Cl)CC1.OC(Cc1ccccc1Cl)(Cn1nc[nH]c1=S)C1(Cl)CC1. The zero-order chi connectivity index (χ0) is 30.2. The maximum absolute atomic E-state index is 11.2. The highest BCUT2D eigenvalue weighted by Crippen LogP contribution is 2.54. The standard InChI is InChI=1S/2C14H15Cl2N3OS/c2*15-11-4-2-1-3-10(11)7-14(20,13(16)5-6-13)8-19-12(21)17-9-18-19/h2*1-4,9,20H,5-8H2,(H,17,18,21). The molecule has 4 N–H and O–H groups in total. The van der Waals surface area contributed by atoms with E-state index in [4.69, 9.17) is 70.8 Å². The normalized spacial score (nSPS) is 19.2. The molecule has 2 unspecified atom stereocenters. The molecule has 2 saturated carbocycles. The molecule has 2 heterocycles. The van der Waals surface area contributed by atoms with E-state index in [1.54, 1.807) is 9.36 Å². The van der Waals surface area contributed by atoms with Crippen LogP contribution in [-0.2, 0) is 25.9 Å². The Morgan fingerprint density at radius 2 is 1.07 bits per heavy atom. The van der Waals surface area contributed by atoms with Crippen molar-refractivity contribution in [3.05, 3.63) is 91.9 Å². The van der Waals surface area contributed by atoms with Gasteiger partial charge in [0.05, 0.1) is 22.8 Å². The number of alkyl halides is 2. The summed E-state index contributed by atoms with van der Waals surface area (Å²) in [7, 11) is 0. The minimum absolute atomic E-state index is 0.240. The van der Waals surface area contributed by atoms with Crippen molar-refractivity contribution >= 4 is 70.8 Å². The predicted molar refractivity (Wildman–Crippen MR) is 171 cm³/mol. The molecular formula is C28H30Cl4N6O2S2. The van der Waals surface area contributed by atoms with Crippen LogP contribution in [0.25, 0.3) is 0 Å². The second-order valence-corrected chi connectivity index (χ2v) is 14.1. The highest BCUT2D eigenvalue weighted by Gasteiger charge is 2.59. The van der Waals surface area contributed by atoms with Crippen LogP contribution in [0.2, 0.25) is 10.0 Å². The smallest absolute Gasteiger partial charge is 0.195 e. The lowest BCUT2D eigenvalue weighted by Gasteiger charge is -2.33. The van der Waals surface area contributed by atoms with E-state index in [-0.39, 0.29) is 13.1 Å². The fraction of sp³-hybridized carbons (Fsp3) is 0.429. The van der Waals surface area contributed by atoms with Crippen LogP contribution in [0.1, 0.15) is 36.8 Å². The first-order valence-corrected chi connectivity index (χ1v) is 15.7. The van der Waals surface area contributed by atoms with Crippen molar-refractivity contribution < 1.29 is 10.2 Å². The average Bonchev–Trinajstić information content (AvgIpc) is 3.81. The van der Waals surface area contributed by atoms with E-state index in [9.17, 15) is 10.2 Å². The average molecular weight is 689 g/mol. The van der Waals surface area contributed by atoms with Crippen LogP contribution < -0.4 is 0 Å². The van der Waals surface area contributed by atoms with Crippen LogP contribution in [0.5, 0.6) is 0 Å². The van der Waals surface area contributed by atoms with Crippen LogP contribution >= 0.6 is 70.8 Å². The predicted octanol–water partition coefficient (Wildman–Crippen LogP) is 6.68. The summed E-state index contributed by atoms with van der Waals surface area (Å²) in [5.74, 6) is 0. The van der Waals surface area contributed by atoms with Crippen molar-refractivity contribution in [1.29, 1.82) is 0 Å². The van der Waals surface area contributed by atoms with E-state index in [2.05, 4.69) is 20.2 Å². The molecule has 6 rings (SSSR count). The molecular weight excluding hydrogens is 658 g/mol. The molecule has 4 aromatic rings. The van der Waals surface area contributed by atoms with Crippen molar-refractivity contribution in [2.45, 2.75) is 72.6 Å². The van der Waals surface area contributed by atoms with Crippen molar-refractivity contribution in [3.8, 4) is 0 Å². The molecule has 42 heavy (non-hydrogen) atoms. The van der Waals surface area contributed by atoms with Gasteiger partial charge in [-0.1, -0.05) is 59.6 Å². The Balaban J connectivity index is 0.000000168. The summed E-state index contributed by atoms with van der Waals surface area (Å²) in [5.41, 5.74) is -0.550. The molecule has 0 spiro atoms. The number of rotatable bonds is 10. The lowest BCUT2D eigenvalue weighted by atomic mass is 9.89. The van der Waals surface area contributed by atoms with Gasteiger partial charge in [-0.05, 0) is 73.4 Å². The van der Waals surface area contributed by atoms with Crippen molar-refractivity contribution in [2.24, 2.45) is 0 Å². The van der Waals surface area contributed by atoms with Crippen molar-refractivity contribution in [2.75, 3.05) is 0 Å². The Bertz CT molecular complexity index is 1540. The summed E-state index contributed by atoms with van der Waals surface area (Å²) in [4.78, 5) is 4.37. The summed E-state index contributed by atoms with van der Waals surface area (Å²) >= 11 is 35.8. The number of benzene rings is 2. The highest BCUT2D eigenvalue weighted by atomic mass is 35.5. The van der Waals surface area contributed by atoms with E-state index in [1.807, 2.05) is 48.5 Å². The van der Waals surface area contributed by atoms with Gasteiger partial charge in [0.15, 0.2) is 9.54 Å². The second kappa shape index (κ2) is 12.3. The molecule has 2 aromatic carbocycles. The fourth-order valence-corrected chi connectivity index (χ4v) is 6.23. The van der Waals surface area contributed by atoms with Gasteiger partial charge in [0.2, 0.25) is 0 Å². The number of nitrogens with zero attached hydrogens (tertiary/aromatic N) is 4. The van der Waals surface area contributed by atoms with E-state index >= 15 is 0 Å². The Hall–Kier alpha value is -1.76. The van der Waals surface area contributed by atoms with Gasteiger partial charge in [-0.15, -0.1) is 23.2 Å². The zero-order valence-electron chi connectivity index (χ0n) is 22.4. The first-order chi connectivity index (χ1) is 19.9. The highest BCUT2D eigenvalue weighted by molar-refractivity contribution is 7.71. The van der Waals surface area contributed by atoms with Crippen LogP contribution in [0, 0.1) is 9.54 Å². The monoisotopic (exact) mass is 686 g/mol. The van der Waals surface area contributed by atoms with Gasteiger partial charge < -0.3 is 20.2 Å². The number of halogens is 4. The molecule has 2 aliphatic carbocycles. The third-order valence-corrected chi connectivity index (χ3v) is 10.8. The Labute approximate surface area is 273 Å². The Morgan fingerprint density at radius 3 is 1.36 bits per heavy atom. The molecule has 2 atom stereocenters. The zero-order valence-corrected chi connectivity index (χ0v) is 27.1. The Kier molecular flexibility index (Phi) is 9.29. The lowest BCUT2D eigenvalue weighted by Crippen LogP contribution is -2.47. The van der Waals surface area contributed by atoms with Crippen LogP contribution in [0.15, 0.2) is 61.2 Å². The van der Waals surface area contributed by atoms with Gasteiger partial charge in [-0.3, -0.25) is 0 Å². The van der Waals surface area contributed by atoms with Gasteiger partial charge in [-0.2, -0.15) is 10.2 Å². The quantitative estimate of drug-likeness (QED) is 0.110. The largest absolute Gasteiger partial charge is 0.386 e. The summed E-state index contributed by atoms with van der Waals surface area (Å²) in [6.07, 6.45) is 6.83. The van der Waals surface area contributed by atoms with E-state index in [0.717, 1.165) is 36.8 Å². The number of nitrogens with one attached hydrogen (secondary N) is 2. The molecule has 0 saturated heterocycles. The molecule has 0 amide bonds. The number of aliphatic hydroxyl groups is 2. The molecule has 0 bridgehead atoms. The number of H-pyrrole nitrogens is 2. The van der Waals surface area contributed by atoms with Gasteiger partial charge in [0.25, 0.3) is 0 Å². The van der Waals surface area contributed by atoms with E-state index < -0.39 is 21.0 Å². The molecule has 2 fully saturated rings. The van der Waals surface area contributed by atoms with Gasteiger partial charge >= 0.3 is 0 Å². The summed E-state index contributed by atoms with van der Waals surface area (Å²) < 4.78 is 4.06. The van der Waals surface area contributed by atoms with Crippen LogP contribution in [0.3, 0.4) is 0 Å². The molecule has 0 radical (unpaired) electrons. The van der Waals surface area contributed by atoms with Gasteiger partial charge in [0, 0.05) is 22.9 Å². The fourth-order valence-electron chi connectivity index (χ4n) is 5.06. The van der Waals surface area contributed by atoms with Crippen LogP contribution in [0.4, 0.5) is 0 Å². The molecule has 2 aliphatic rings. The minimum atomic E-state index is -1.15. The van der Waals surface area contributed by atoms with Gasteiger partial charge in [-0.25, -0.2) is 9.36 Å². The molecule has 8 nitrogen and oxygen atoms in total. The Morgan fingerprint density at radius 1 is 0.714 bits per heavy atom. The molecule has 2 aromatic heterocycles. The number of aromatic nitrogens is 6. The maximum atomic E-state index is 11.2. The van der Waals surface area contributed by atoms with Gasteiger partial charge in [0.1, 0.15) is 23.9 Å². The van der Waals surface area contributed by atoms with E-state index in [0.29, 0.717) is 32.4 Å². The first-order valence-electron chi connectivity index (χ1n) is 13.4. The number of aromatic amines is 2. The summed E-state index contributed by atoms with van der Waals surface area (Å²) in [5, 5.41) is 31.8. The summed E-state index contributed by atoms with van der Waals surface area (Å²) in [6.45, 7) is 0.480. The third-order valence-electron chi connectivity index (χ3n) is 7.99. The minimum Gasteiger partial charge on any atom is -0.386 e. The van der Waals surface area contributed by atoms with Crippen LogP contribution in [-0.4, -0.2) is 60.7 Å². The van der Waals surface area contributed by atoms with E-state index in [1.165, 1.54) is 12.7 Å². The first kappa shape index (κ1) is 31.7. The molecule has 0 aliphatic heterocycles. The molecule has 224 valence electrons. The summed E-state index contributed by atoms with van der Waals surface area (Å²) in [6, 6.07) is 15.0. The second-order valence-electron chi connectivity index (χ2n) is 11.0.